The van der Waals surface area contributed by atoms with Crippen molar-refractivity contribution in [3.05, 3.63) is 34.9 Å². The second-order valence-electron chi connectivity index (χ2n) is 2.93. The molecule has 0 nitrogen and oxygen atoms in total. The zero-order valence-electron chi connectivity index (χ0n) is 7.27. The van der Waals surface area contributed by atoms with E-state index in [9.17, 15) is 0 Å². The predicted octanol–water partition coefficient (Wildman–Crippen LogP) is -4.26. The summed E-state index contributed by atoms with van der Waals surface area (Å²) in [5.41, 5.74) is 4.47. The van der Waals surface area contributed by atoms with Crippen LogP contribution in [0.3, 0.4) is 0 Å². The zero-order valence-corrected chi connectivity index (χ0v) is 11.2. The molecule has 0 bridgehead atoms. The molecule has 0 heterocycles. The first-order valence-electron chi connectivity index (χ1n) is 3.79. The van der Waals surface area contributed by atoms with Crippen molar-refractivity contribution in [3.8, 4) is 0 Å². The Kier molecular flexibility index (Phi) is 5.51. The Morgan fingerprint density at radius 2 is 1.92 bits per heavy atom. The summed E-state index contributed by atoms with van der Waals surface area (Å²) in [4.78, 5) is 0. The monoisotopic (exact) mass is 289 g/mol. The first-order valence-corrected chi connectivity index (χ1v) is 5.02. The maximum absolute atomic E-state index is 2.26. The van der Waals surface area contributed by atoms with Crippen molar-refractivity contribution in [2.45, 2.75) is 13.3 Å². The third-order valence-corrected chi connectivity index (χ3v) is 3.27. The van der Waals surface area contributed by atoms with Crippen LogP contribution in [0.5, 0.6) is 0 Å². The molecule has 0 amide bonds. The normalized spacial score (nSPS) is 11.6. The number of aryl methyl sites for hydroxylation is 1. The quantitative estimate of drug-likeness (QED) is 0.454. The SMILES string of the molecule is Cc1cc[c]([Zr+2])c2c1CC=C2.[Cl-].[Cl-]. The van der Waals surface area contributed by atoms with Crippen LogP contribution in [0, 0.1) is 6.92 Å². The Bertz CT molecular complexity index is 332. The molecular formula is C10H9Cl2Zr. The van der Waals surface area contributed by atoms with Gasteiger partial charge in [-0.3, -0.25) is 0 Å². The molecule has 0 aliphatic heterocycles. The smallest absolute Gasteiger partial charge is 1.00 e. The molecule has 13 heavy (non-hydrogen) atoms. The predicted molar refractivity (Wildman–Crippen MR) is 43.6 cm³/mol. The van der Waals surface area contributed by atoms with Crippen molar-refractivity contribution in [2.75, 3.05) is 0 Å². The Hall–Kier alpha value is 0.423. The summed E-state index contributed by atoms with van der Waals surface area (Å²) < 4.78 is 1.49. The van der Waals surface area contributed by atoms with Gasteiger partial charge in [0.25, 0.3) is 0 Å². The molecule has 3 heteroatoms. The topological polar surface area (TPSA) is 0 Å². The van der Waals surface area contributed by atoms with E-state index < -0.39 is 0 Å². The molecule has 0 spiro atoms. The van der Waals surface area contributed by atoms with E-state index in [1.54, 1.807) is 5.56 Å². The molecule has 0 aromatic heterocycles. The van der Waals surface area contributed by atoms with Gasteiger partial charge in [-0.1, -0.05) is 0 Å². The molecule has 1 aliphatic carbocycles. The first kappa shape index (κ1) is 13.4. The van der Waals surface area contributed by atoms with Crippen LogP contribution in [0.4, 0.5) is 0 Å². The van der Waals surface area contributed by atoms with Crippen molar-refractivity contribution < 1.29 is 49.5 Å². The van der Waals surface area contributed by atoms with Gasteiger partial charge in [-0.25, -0.2) is 0 Å². The van der Waals surface area contributed by atoms with Crippen molar-refractivity contribution in [3.63, 3.8) is 0 Å². The van der Waals surface area contributed by atoms with Gasteiger partial charge in [0.15, 0.2) is 0 Å². The van der Waals surface area contributed by atoms with Crippen molar-refractivity contribution >= 4 is 9.35 Å². The number of hydrogen-bond acceptors (Lipinski definition) is 0. The summed E-state index contributed by atoms with van der Waals surface area (Å²) in [5.74, 6) is 0. The summed E-state index contributed by atoms with van der Waals surface area (Å²) >= 11 is 1.52. The van der Waals surface area contributed by atoms with Gasteiger partial charge in [0.1, 0.15) is 0 Å². The minimum Gasteiger partial charge on any atom is -1.00 e. The Morgan fingerprint density at radius 1 is 1.23 bits per heavy atom. The van der Waals surface area contributed by atoms with Crippen LogP contribution in [0.1, 0.15) is 16.7 Å². The zero-order chi connectivity index (χ0) is 7.84. The molecule has 0 unspecified atom stereocenters. The second kappa shape index (κ2) is 5.34. The fraction of sp³-hybridized carbons (Fsp3) is 0.200. The Balaban J connectivity index is 0.000000720. The van der Waals surface area contributed by atoms with E-state index in [1.165, 1.54) is 39.1 Å². The van der Waals surface area contributed by atoms with Gasteiger partial charge >= 0.3 is 82.3 Å². The molecular weight excluding hydrogens is 282 g/mol. The maximum Gasteiger partial charge on any atom is -1.00 e. The van der Waals surface area contributed by atoms with Crippen LogP contribution in [0.25, 0.3) is 6.08 Å². The number of halogens is 2. The van der Waals surface area contributed by atoms with Crippen LogP contribution in [-0.2, 0) is 31.1 Å². The fourth-order valence-electron chi connectivity index (χ4n) is 1.53. The number of fused-ring (bicyclic) bond motifs is 1. The molecule has 0 fully saturated rings. The molecule has 0 radical (unpaired) electrons. The van der Waals surface area contributed by atoms with Crippen LogP contribution < -0.4 is 28.1 Å². The van der Waals surface area contributed by atoms with E-state index in [4.69, 9.17) is 0 Å². The van der Waals surface area contributed by atoms with Crippen LogP contribution in [-0.4, -0.2) is 0 Å². The van der Waals surface area contributed by atoms with E-state index in [2.05, 4.69) is 31.2 Å². The van der Waals surface area contributed by atoms with E-state index >= 15 is 0 Å². The van der Waals surface area contributed by atoms with Crippen molar-refractivity contribution in [1.29, 1.82) is 0 Å². The second-order valence-corrected chi connectivity index (χ2v) is 4.25. The molecule has 2 rings (SSSR count). The van der Waals surface area contributed by atoms with E-state index in [1.807, 2.05) is 0 Å². The fourth-order valence-corrected chi connectivity index (χ4v) is 2.31. The Labute approximate surface area is 106 Å². The van der Waals surface area contributed by atoms with Crippen molar-refractivity contribution in [2.24, 2.45) is 0 Å². The average molecular weight is 291 g/mol. The largest absolute Gasteiger partial charge is 1.00 e. The van der Waals surface area contributed by atoms with E-state index in [0.29, 0.717) is 0 Å². The molecule has 1 aromatic rings. The van der Waals surface area contributed by atoms with Crippen LogP contribution >= 0.6 is 0 Å². The van der Waals surface area contributed by atoms with Gasteiger partial charge < -0.3 is 24.8 Å². The molecule has 0 N–H and O–H groups in total. The Morgan fingerprint density at radius 3 is 2.54 bits per heavy atom. The third kappa shape index (κ3) is 2.46. The minimum absolute atomic E-state index is 0. The standard InChI is InChI=1S/C10H9.2ClH.Zr/c1-8-4-2-5-9-6-3-7-10(8)9;;;/h2-4,6H,7H2,1H3;2*1H;/q;;;+2/p-2. The first-order chi connectivity index (χ1) is 5.29. The third-order valence-electron chi connectivity index (χ3n) is 2.20. The molecule has 67 valence electrons. The van der Waals surface area contributed by atoms with E-state index in [-0.39, 0.29) is 24.8 Å². The van der Waals surface area contributed by atoms with Crippen LogP contribution in [0.2, 0.25) is 0 Å². The summed E-state index contributed by atoms with van der Waals surface area (Å²) in [6.07, 6.45) is 5.65. The summed E-state index contributed by atoms with van der Waals surface area (Å²) in [6, 6.07) is 4.47. The van der Waals surface area contributed by atoms with Crippen molar-refractivity contribution in [1.82, 2.24) is 0 Å². The molecule has 0 saturated heterocycles. The number of allylic oxidation sites excluding steroid dienone is 1. The summed E-state index contributed by atoms with van der Waals surface area (Å²) in [7, 11) is 0. The average Bonchev–Trinajstić information content (AvgIpc) is 2.45. The summed E-state index contributed by atoms with van der Waals surface area (Å²) in [5, 5.41) is 0. The summed E-state index contributed by atoms with van der Waals surface area (Å²) in [6.45, 7) is 2.20. The van der Waals surface area contributed by atoms with E-state index in [0.717, 1.165) is 6.42 Å². The van der Waals surface area contributed by atoms with Gasteiger partial charge in [0, 0.05) is 0 Å². The van der Waals surface area contributed by atoms with Gasteiger partial charge in [0.05, 0.1) is 0 Å². The van der Waals surface area contributed by atoms with Gasteiger partial charge in [-0.2, -0.15) is 0 Å². The molecule has 1 aromatic carbocycles. The van der Waals surface area contributed by atoms with Gasteiger partial charge in [0.2, 0.25) is 0 Å². The molecule has 0 saturated carbocycles. The molecule has 0 atom stereocenters. The van der Waals surface area contributed by atoms with Gasteiger partial charge in [-0.05, 0) is 0 Å². The number of hydrogen-bond donors (Lipinski definition) is 0. The van der Waals surface area contributed by atoms with Crippen LogP contribution in [0.15, 0.2) is 18.2 Å². The number of benzene rings is 1. The minimum atomic E-state index is 0. The number of rotatable bonds is 0. The molecule has 1 aliphatic rings. The van der Waals surface area contributed by atoms with Gasteiger partial charge in [-0.15, -0.1) is 0 Å². The maximum atomic E-state index is 2.26.